The number of aromatic nitrogens is 2. The van der Waals surface area contributed by atoms with E-state index >= 15 is 0 Å². The molecule has 70 valence electrons. The maximum Gasteiger partial charge on any atom is 0.248 e. The maximum atomic E-state index is 11.1. The number of hydrogen-bond acceptors (Lipinski definition) is 2. The first-order chi connectivity index (χ1) is 6.15. The van der Waals surface area contributed by atoms with Crippen LogP contribution < -0.4 is 5.32 Å². The molecular weight excluding hydrogens is 166 g/mol. The third-order valence-electron chi connectivity index (χ3n) is 1.81. The predicted octanol–water partition coefficient (Wildman–Crippen LogP) is 1.24. The molecule has 1 aromatic rings. The Balaban J connectivity index is 2.75. The Labute approximate surface area is 77.3 Å². The highest BCUT2D eigenvalue weighted by molar-refractivity contribution is 5.99. The quantitative estimate of drug-likeness (QED) is 0.694. The predicted molar refractivity (Wildman–Crippen MR) is 51.4 cm³/mol. The number of aryl methyl sites for hydroxylation is 1. The van der Waals surface area contributed by atoms with Gasteiger partial charge in [-0.3, -0.25) is 9.48 Å². The molecule has 4 heteroatoms. The first kappa shape index (κ1) is 9.51. The van der Waals surface area contributed by atoms with Gasteiger partial charge in [0.2, 0.25) is 5.91 Å². The number of carbonyl (C=O) groups excluding carboxylic acids is 1. The Morgan fingerprint density at radius 1 is 1.69 bits per heavy atom. The van der Waals surface area contributed by atoms with E-state index in [1.165, 1.54) is 6.08 Å². The zero-order valence-corrected chi connectivity index (χ0v) is 8.03. The van der Waals surface area contributed by atoms with Gasteiger partial charge in [-0.2, -0.15) is 5.10 Å². The highest BCUT2D eigenvalue weighted by Gasteiger charge is 2.04. The SMILES string of the molecule is C/C=C/C(=O)Nc1cnn(C)c1C. The van der Waals surface area contributed by atoms with Gasteiger partial charge in [-0.1, -0.05) is 6.08 Å². The molecule has 0 saturated carbocycles. The summed E-state index contributed by atoms with van der Waals surface area (Å²) in [6.07, 6.45) is 4.81. The topological polar surface area (TPSA) is 46.9 Å². The summed E-state index contributed by atoms with van der Waals surface area (Å²) >= 11 is 0. The molecule has 0 fully saturated rings. The van der Waals surface area contributed by atoms with Crippen LogP contribution in [0.15, 0.2) is 18.3 Å². The number of nitrogens with one attached hydrogen (secondary N) is 1. The Morgan fingerprint density at radius 2 is 2.38 bits per heavy atom. The largest absolute Gasteiger partial charge is 0.320 e. The normalized spacial score (nSPS) is 10.7. The lowest BCUT2D eigenvalue weighted by Crippen LogP contribution is -2.08. The molecule has 0 saturated heterocycles. The summed E-state index contributed by atoms with van der Waals surface area (Å²) in [5.41, 5.74) is 1.70. The van der Waals surface area contributed by atoms with E-state index in [1.54, 1.807) is 23.9 Å². The molecule has 0 aliphatic carbocycles. The van der Waals surface area contributed by atoms with Gasteiger partial charge < -0.3 is 5.32 Å². The number of nitrogens with zero attached hydrogens (tertiary/aromatic N) is 2. The molecule has 0 aliphatic rings. The van der Waals surface area contributed by atoms with Crippen LogP contribution in [0.4, 0.5) is 5.69 Å². The molecule has 0 unspecified atom stereocenters. The van der Waals surface area contributed by atoms with E-state index in [9.17, 15) is 4.79 Å². The van der Waals surface area contributed by atoms with Crippen molar-refractivity contribution in [2.45, 2.75) is 13.8 Å². The van der Waals surface area contributed by atoms with Crippen molar-refractivity contribution in [1.29, 1.82) is 0 Å². The number of allylic oxidation sites excluding steroid dienone is 1. The lowest BCUT2D eigenvalue weighted by atomic mass is 10.4. The Morgan fingerprint density at radius 3 is 2.85 bits per heavy atom. The van der Waals surface area contributed by atoms with Gasteiger partial charge in [-0.05, 0) is 19.9 Å². The molecule has 0 radical (unpaired) electrons. The van der Waals surface area contributed by atoms with Gasteiger partial charge in [0.05, 0.1) is 17.6 Å². The minimum atomic E-state index is -0.126. The van der Waals surface area contributed by atoms with Crippen molar-refractivity contribution in [2.75, 3.05) is 5.32 Å². The Kier molecular flexibility index (Phi) is 2.84. The standard InChI is InChI=1S/C9H13N3O/c1-4-5-9(13)11-8-6-10-12(3)7(8)2/h4-6H,1-3H3,(H,11,13)/b5-4+. The summed E-state index contributed by atoms with van der Waals surface area (Å²) in [5, 5.41) is 6.73. The van der Waals surface area contributed by atoms with Crippen LogP contribution in [0.3, 0.4) is 0 Å². The van der Waals surface area contributed by atoms with Crippen LogP contribution in [0.25, 0.3) is 0 Å². The number of hydrogen-bond donors (Lipinski definition) is 1. The molecule has 1 N–H and O–H groups in total. The fourth-order valence-electron chi connectivity index (χ4n) is 0.947. The molecular formula is C9H13N3O. The molecule has 1 rings (SSSR count). The van der Waals surface area contributed by atoms with E-state index in [2.05, 4.69) is 10.4 Å². The first-order valence-electron chi connectivity index (χ1n) is 4.07. The van der Waals surface area contributed by atoms with Gasteiger partial charge >= 0.3 is 0 Å². The molecule has 4 nitrogen and oxygen atoms in total. The van der Waals surface area contributed by atoms with Gasteiger partial charge in [-0.15, -0.1) is 0 Å². The van der Waals surface area contributed by atoms with Crippen LogP contribution in [0.1, 0.15) is 12.6 Å². The number of anilines is 1. The highest BCUT2D eigenvalue weighted by Crippen LogP contribution is 2.11. The number of rotatable bonds is 2. The van der Waals surface area contributed by atoms with Gasteiger partial charge in [0.15, 0.2) is 0 Å². The van der Waals surface area contributed by atoms with Gasteiger partial charge in [0.25, 0.3) is 0 Å². The Bertz CT molecular complexity index is 339. The average molecular weight is 179 g/mol. The van der Waals surface area contributed by atoms with E-state index in [0.717, 1.165) is 11.4 Å². The van der Waals surface area contributed by atoms with Crippen LogP contribution in [0.2, 0.25) is 0 Å². The minimum Gasteiger partial charge on any atom is -0.320 e. The van der Waals surface area contributed by atoms with Crippen molar-refractivity contribution in [1.82, 2.24) is 9.78 Å². The van der Waals surface area contributed by atoms with Crippen LogP contribution in [-0.2, 0) is 11.8 Å². The van der Waals surface area contributed by atoms with Crippen molar-refractivity contribution in [2.24, 2.45) is 7.05 Å². The number of amides is 1. The second-order valence-corrected chi connectivity index (χ2v) is 2.76. The highest BCUT2D eigenvalue weighted by atomic mass is 16.1. The number of carbonyl (C=O) groups is 1. The van der Waals surface area contributed by atoms with E-state index in [1.807, 2.05) is 14.0 Å². The van der Waals surface area contributed by atoms with Crippen molar-refractivity contribution < 1.29 is 4.79 Å². The summed E-state index contributed by atoms with van der Waals surface area (Å²) in [6, 6.07) is 0. The van der Waals surface area contributed by atoms with Crippen molar-refractivity contribution in [3.05, 3.63) is 24.0 Å². The van der Waals surface area contributed by atoms with Crippen LogP contribution in [0, 0.1) is 6.92 Å². The smallest absolute Gasteiger partial charge is 0.248 e. The lowest BCUT2D eigenvalue weighted by molar-refractivity contribution is -0.111. The summed E-state index contributed by atoms with van der Waals surface area (Å²) in [4.78, 5) is 11.1. The molecule has 1 heterocycles. The van der Waals surface area contributed by atoms with E-state index in [0.29, 0.717) is 0 Å². The second-order valence-electron chi connectivity index (χ2n) is 2.76. The average Bonchev–Trinajstić information content (AvgIpc) is 2.37. The minimum absolute atomic E-state index is 0.126. The van der Waals surface area contributed by atoms with Crippen LogP contribution in [0.5, 0.6) is 0 Å². The van der Waals surface area contributed by atoms with Gasteiger partial charge in [-0.25, -0.2) is 0 Å². The molecule has 0 spiro atoms. The summed E-state index contributed by atoms with van der Waals surface area (Å²) in [7, 11) is 1.83. The third kappa shape index (κ3) is 2.18. The maximum absolute atomic E-state index is 11.1. The molecule has 0 bridgehead atoms. The summed E-state index contributed by atoms with van der Waals surface area (Å²) in [5.74, 6) is -0.126. The first-order valence-corrected chi connectivity index (χ1v) is 4.07. The lowest BCUT2D eigenvalue weighted by Gasteiger charge is -1.99. The zero-order chi connectivity index (χ0) is 9.84. The monoisotopic (exact) mass is 179 g/mol. The Hall–Kier alpha value is -1.58. The van der Waals surface area contributed by atoms with Crippen molar-refractivity contribution in [3.8, 4) is 0 Å². The zero-order valence-electron chi connectivity index (χ0n) is 8.03. The van der Waals surface area contributed by atoms with Crippen molar-refractivity contribution >= 4 is 11.6 Å². The third-order valence-corrected chi connectivity index (χ3v) is 1.81. The van der Waals surface area contributed by atoms with Gasteiger partial charge in [0, 0.05) is 7.05 Å². The van der Waals surface area contributed by atoms with Gasteiger partial charge in [0.1, 0.15) is 0 Å². The molecule has 1 aromatic heterocycles. The fraction of sp³-hybridized carbons (Fsp3) is 0.333. The van der Waals surface area contributed by atoms with E-state index in [4.69, 9.17) is 0 Å². The van der Waals surface area contributed by atoms with E-state index < -0.39 is 0 Å². The molecule has 1 amide bonds. The molecule has 0 atom stereocenters. The summed E-state index contributed by atoms with van der Waals surface area (Å²) in [6.45, 7) is 3.70. The molecule has 0 aliphatic heterocycles. The van der Waals surface area contributed by atoms with Crippen LogP contribution in [-0.4, -0.2) is 15.7 Å². The molecule has 13 heavy (non-hydrogen) atoms. The van der Waals surface area contributed by atoms with Crippen molar-refractivity contribution in [3.63, 3.8) is 0 Å². The fourth-order valence-corrected chi connectivity index (χ4v) is 0.947. The molecule has 0 aromatic carbocycles. The second kappa shape index (κ2) is 3.89. The van der Waals surface area contributed by atoms with Crippen LogP contribution >= 0.6 is 0 Å². The van der Waals surface area contributed by atoms with E-state index in [-0.39, 0.29) is 5.91 Å². The summed E-state index contributed by atoms with van der Waals surface area (Å²) < 4.78 is 1.71.